The van der Waals surface area contributed by atoms with Gasteiger partial charge in [0.1, 0.15) is 6.10 Å². The maximum Gasteiger partial charge on any atom is 0.303 e. The van der Waals surface area contributed by atoms with Crippen LogP contribution in [0, 0.1) is 0 Å². The van der Waals surface area contributed by atoms with Crippen LogP contribution >= 0.6 is 11.6 Å². The molecule has 1 unspecified atom stereocenters. The lowest BCUT2D eigenvalue weighted by Crippen LogP contribution is -2.38. The van der Waals surface area contributed by atoms with Crippen LogP contribution in [-0.2, 0) is 9.53 Å². The molecule has 2 heterocycles. The van der Waals surface area contributed by atoms with Crippen molar-refractivity contribution < 1.29 is 14.6 Å². The zero-order valence-electron chi connectivity index (χ0n) is 16.7. The van der Waals surface area contributed by atoms with Crippen molar-refractivity contribution in [1.29, 1.82) is 0 Å². The fourth-order valence-electron chi connectivity index (χ4n) is 3.74. The van der Waals surface area contributed by atoms with E-state index in [-0.39, 0.29) is 18.6 Å². The maximum absolute atomic E-state index is 10.6. The predicted molar refractivity (Wildman–Crippen MR) is 114 cm³/mol. The van der Waals surface area contributed by atoms with Crippen LogP contribution in [0.4, 0.5) is 0 Å². The summed E-state index contributed by atoms with van der Waals surface area (Å²) in [6.07, 6.45) is 6.85. The van der Waals surface area contributed by atoms with Crippen LogP contribution in [0.1, 0.15) is 55.9 Å². The number of likely N-dealkylation sites (tertiary alicyclic amines) is 1. The standard InChI is InChI=1S/C23H29ClN2O3/c24-19-10-8-18(9-11-19)23(21-6-3-4-14-25-21)29-20-12-16-26(17-13-20)15-5-1-2-7-22(27)28/h3-4,6,8-11,14,20,23H,1-2,5,7,12-13,15-17H2,(H,27,28). The van der Waals surface area contributed by atoms with E-state index in [1.54, 1.807) is 6.20 Å². The Morgan fingerprint density at radius 2 is 1.90 bits per heavy atom. The van der Waals surface area contributed by atoms with Crippen LogP contribution in [0.25, 0.3) is 0 Å². The van der Waals surface area contributed by atoms with Crippen LogP contribution in [0.5, 0.6) is 0 Å². The molecule has 1 aromatic heterocycles. The Balaban J connectivity index is 1.51. The number of aromatic nitrogens is 1. The van der Waals surface area contributed by atoms with Gasteiger partial charge in [-0.25, -0.2) is 0 Å². The molecule has 0 bridgehead atoms. The quantitative estimate of drug-likeness (QED) is 0.555. The summed E-state index contributed by atoms with van der Waals surface area (Å²) in [5.41, 5.74) is 1.98. The molecule has 5 nitrogen and oxygen atoms in total. The first-order chi connectivity index (χ1) is 14.1. The number of carbonyl (C=O) groups is 1. The van der Waals surface area contributed by atoms with Gasteiger partial charge in [-0.2, -0.15) is 0 Å². The van der Waals surface area contributed by atoms with Crippen molar-refractivity contribution in [3.05, 3.63) is 64.9 Å². The van der Waals surface area contributed by atoms with Crippen LogP contribution in [-0.4, -0.2) is 46.7 Å². The number of pyridine rings is 1. The molecule has 6 heteroatoms. The Kier molecular flexibility index (Phi) is 8.47. The van der Waals surface area contributed by atoms with Crippen molar-refractivity contribution in [1.82, 2.24) is 9.88 Å². The second kappa shape index (κ2) is 11.3. The molecule has 0 spiro atoms. The molecule has 29 heavy (non-hydrogen) atoms. The van der Waals surface area contributed by atoms with Gasteiger partial charge in [-0.3, -0.25) is 9.78 Å². The van der Waals surface area contributed by atoms with E-state index in [1.807, 2.05) is 42.5 Å². The maximum atomic E-state index is 10.6. The number of aliphatic carboxylic acids is 1. The fraction of sp³-hybridized carbons (Fsp3) is 0.478. The number of hydrogen-bond acceptors (Lipinski definition) is 4. The molecule has 0 saturated carbocycles. The van der Waals surface area contributed by atoms with Gasteiger partial charge < -0.3 is 14.7 Å². The van der Waals surface area contributed by atoms with Gasteiger partial charge in [0.15, 0.2) is 0 Å². The number of unbranched alkanes of at least 4 members (excludes halogenated alkanes) is 2. The van der Waals surface area contributed by atoms with E-state index in [0.29, 0.717) is 5.02 Å². The smallest absolute Gasteiger partial charge is 0.303 e. The lowest BCUT2D eigenvalue weighted by Gasteiger charge is -2.34. The predicted octanol–water partition coefficient (Wildman–Crippen LogP) is 4.95. The molecule has 1 atom stereocenters. The number of hydrogen-bond donors (Lipinski definition) is 1. The van der Waals surface area contributed by atoms with E-state index >= 15 is 0 Å². The number of benzene rings is 1. The monoisotopic (exact) mass is 416 g/mol. The molecule has 1 aromatic carbocycles. The summed E-state index contributed by atoms with van der Waals surface area (Å²) in [5, 5.41) is 9.42. The number of carboxylic acid groups (broad SMARTS) is 1. The van der Waals surface area contributed by atoms with E-state index in [1.165, 1.54) is 0 Å². The third-order valence-electron chi connectivity index (χ3n) is 5.36. The molecule has 3 rings (SSSR count). The molecule has 156 valence electrons. The zero-order valence-corrected chi connectivity index (χ0v) is 17.4. The van der Waals surface area contributed by atoms with E-state index in [0.717, 1.165) is 63.0 Å². The lowest BCUT2D eigenvalue weighted by atomic mass is 10.0. The minimum absolute atomic E-state index is 0.193. The molecule has 1 fully saturated rings. The summed E-state index contributed by atoms with van der Waals surface area (Å²) in [6.45, 7) is 3.06. The van der Waals surface area contributed by atoms with Crippen molar-refractivity contribution in [3.8, 4) is 0 Å². The highest BCUT2D eigenvalue weighted by Gasteiger charge is 2.25. The summed E-state index contributed by atoms with van der Waals surface area (Å²) in [4.78, 5) is 17.6. The van der Waals surface area contributed by atoms with Crippen LogP contribution in [0.15, 0.2) is 48.7 Å². The van der Waals surface area contributed by atoms with E-state index in [2.05, 4.69) is 9.88 Å². The number of rotatable bonds is 10. The molecule has 1 saturated heterocycles. The first-order valence-corrected chi connectivity index (χ1v) is 10.8. The normalized spacial score (nSPS) is 16.6. The molecule has 1 N–H and O–H groups in total. The minimum Gasteiger partial charge on any atom is -0.481 e. The van der Waals surface area contributed by atoms with Gasteiger partial charge >= 0.3 is 5.97 Å². The second-order valence-electron chi connectivity index (χ2n) is 7.57. The molecular weight excluding hydrogens is 388 g/mol. The zero-order chi connectivity index (χ0) is 20.5. The summed E-state index contributed by atoms with van der Waals surface area (Å²) < 4.78 is 6.52. The average molecular weight is 417 g/mol. The van der Waals surface area contributed by atoms with Crippen molar-refractivity contribution in [2.75, 3.05) is 19.6 Å². The van der Waals surface area contributed by atoms with Gasteiger partial charge in [0, 0.05) is 30.7 Å². The van der Waals surface area contributed by atoms with Crippen molar-refractivity contribution in [2.45, 2.75) is 50.7 Å². The van der Waals surface area contributed by atoms with Crippen molar-refractivity contribution in [3.63, 3.8) is 0 Å². The van der Waals surface area contributed by atoms with Gasteiger partial charge in [-0.1, -0.05) is 36.2 Å². The number of piperidine rings is 1. The number of carboxylic acids is 1. The highest BCUT2D eigenvalue weighted by Crippen LogP contribution is 2.29. The Bertz CT molecular complexity index is 746. The number of ether oxygens (including phenoxy) is 1. The van der Waals surface area contributed by atoms with Crippen LogP contribution in [0.2, 0.25) is 5.02 Å². The second-order valence-corrected chi connectivity index (χ2v) is 8.00. The van der Waals surface area contributed by atoms with E-state index < -0.39 is 5.97 Å². The molecule has 0 radical (unpaired) electrons. The molecular formula is C23H29ClN2O3. The van der Waals surface area contributed by atoms with Gasteiger partial charge in [-0.05, 0) is 62.1 Å². The first-order valence-electron chi connectivity index (χ1n) is 10.4. The van der Waals surface area contributed by atoms with Gasteiger partial charge in [0.2, 0.25) is 0 Å². The Morgan fingerprint density at radius 1 is 1.14 bits per heavy atom. The third kappa shape index (κ3) is 7.11. The summed E-state index contributed by atoms with van der Waals surface area (Å²) in [7, 11) is 0. The molecule has 2 aromatic rings. The SMILES string of the molecule is O=C(O)CCCCCN1CCC(OC(c2ccc(Cl)cc2)c2ccccn2)CC1. The van der Waals surface area contributed by atoms with Gasteiger partial charge in [-0.15, -0.1) is 0 Å². The largest absolute Gasteiger partial charge is 0.481 e. The van der Waals surface area contributed by atoms with Gasteiger partial charge in [0.25, 0.3) is 0 Å². The number of halogens is 1. The van der Waals surface area contributed by atoms with E-state index in [9.17, 15) is 4.79 Å². The van der Waals surface area contributed by atoms with Crippen LogP contribution < -0.4 is 0 Å². The summed E-state index contributed by atoms with van der Waals surface area (Å²) in [6, 6.07) is 13.7. The Hall–Kier alpha value is -1.95. The molecule has 1 aliphatic rings. The molecule has 0 amide bonds. The lowest BCUT2D eigenvalue weighted by molar-refractivity contribution is -0.137. The number of nitrogens with zero attached hydrogens (tertiary/aromatic N) is 2. The highest BCUT2D eigenvalue weighted by molar-refractivity contribution is 6.30. The topological polar surface area (TPSA) is 62.7 Å². The third-order valence-corrected chi connectivity index (χ3v) is 5.61. The van der Waals surface area contributed by atoms with Crippen LogP contribution in [0.3, 0.4) is 0 Å². The first kappa shape index (κ1) is 21.8. The Morgan fingerprint density at radius 3 is 2.55 bits per heavy atom. The van der Waals surface area contributed by atoms with Gasteiger partial charge in [0.05, 0.1) is 11.8 Å². The molecule has 1 aliphatic heterocycles. The highest BCUT2D eigenvalue weighted by atomic mass is 35.5. The summed E-state index contributed by atoms with van der Waals surface area (Å²) >= 11 is 6.06. The minimum atomic E-state index is -0.703. The fourth-order valence-corrected chi connectivity index (χ4v) is 3.86. The molecule has 0 aliphatic carbocycles. The summed E-state index contributed by atoms with van der Waals surface area (Å²) in [5.74, 6) is -0.703. The average Bonchev–Trinajstić information content (AvgIpc) is 2.74. The Labute approximate surface area is 177 Å². The van der Waals surface area contributed by atoms with E-state index in [4.69, 9.17) is 21.4 Å². The van der Waals surface area contributed by atoms with Crippen molar-refractivity contribution in [2.24, 2.45) is 0 Å². The van der Waals surface area contributed by atoms with Crippen molar-refractivity contribution >= 4 is 17.6 Å².